The van der Waals surface area contributed by atoms with Crippen LogP contribution < -0.4 is 0 Å². The van der Waals surface area contributed by atoms with E-state index < -0.39 is 0 Å². The van der Waals surface area contributed by atoms with E-state index in [9.17, 15) is 0 Å². The maximum atomic E-state index is 8.24. The third kappa shape index (κ3) is 2.59. The summed E-state index contributed by atoms with van der Waals surface area (Å²) in [6.45, 7) is 2.00. The van der Waals surface area contributed by atoms with Gasteiger partial charge in [0.05, 0.1) is 13.2 Å². The highest BCUT2D eigenvalue weighted by molar-refractivity contribution is 4.82. The van der Waals surface area contributed by atoms with Crippen molar-refractivity contribution in [2.24, 2.45) is 0 Å². The molecule has 0 aliphatic rings. The average molecular weight is 112 g/mol. The van der Waals surface area contributed by atoms with Gasteiger partial charge in [0.1, 0.15) is 6.10 Å². The molecule has 0 heterocycles. The smallest absolute Gasteiger partial charge is 0.144 e. The number of nitriles is 1. The number of rotatable bonds is 3. The standard InChI is InChI=1S/C6H10NO/c1-3-4-6(5-7)8-2/h6H,2-4H2,1H3. The van der Waals surface area contributed by atoms with Crippen LogP contribution in [-0.2, 0) is 4.74 Å². The molecule has 0 aliphatic carbocycles. The molecule has 0 aromatic heterocycles. The lowest BCUT2D eigenvalue weighted by Gasteiger charge is -2.01. The Morgan fingerprint density at radius 3 is 2.62 bits per heavy atom. The summed E-state index contributed by atoms with van der Waals surface area (Å²) in [6, 6.07) is 1.97. The molecule has 0 bridgehead atoms. The Bertz CT molecular complexity index is 85.0. The van der Waals surface area contributed by atoms with Crippen molar-refractivity contribution in [3.8, 4) is 6.07 Å². The van der Waals surface area contributed by atoms with E-state index in [0.29, 0.717) is 0 Å². The van der Waals surface area contributed by atoms with Crippen LogP contribution in [0.25, 0.3) is 0 Å². The molecule has 8 heavy (non-hydrogen) atoms. The van der Waals surface area contributed by atoms with Crippen LogP contribution >= 0.6 is 0 Å². The Morgan fingerprint density at radius 1 is 1.88 bits per heavy atom. The Labute approximate surface area is 50.1 Å². The molecule has 0 N–H and O–H groups in total. The molecule has 0 saturated carbocycles. The van der Waals surface area contributed by atoms with Gasteiger partial charge in [0.2, 0.25) is 0 Å². The molecule has 1 atom stereocenters. The van der Waals surface area contributed by atoms with E-state index in [4.69, 9.17) is 5.26 Å². The molecule has 1 unspecified atom stereocenters. The lowest BCUT2D eigenvalue weighted by atomic mass is 10.2. The topological polar surface area (TPSA) is 33.0 Å². The van der Waals surface area contributed by atoms with Crippen molar-refractivity contribution in [2.75, 3.05) is 0 Å². The zero-order valence-electron chi connectivity index (χ0n) is 5.05. The predicted octanol–water partition coefficient (Wildman–Crippen LogP) is 1.49. The van der Waals surface area contributed by atoms with Crippen molar-refractivity contribution in [1.82, 2.24) is 0 Å². The van der Waals surface area contributed by atoms with Gasteiger partial charge in [0.15, 0.2) is 0 Å². The molecule has 0 amide bonds. The summed E-state index contributed by atoms with van der Waals surface area (Å²) in [6.07, 6.45) is 1.44. The van der Waals surface area contributed by atoms with Crippen LogP contribution in [0.3, 0.4) is 0 Å². The van der Waals surface area contributed by atoms with Crippen LogP contribution in [0.2, 0.25) is 0 Å². The molecule has 0 rings (SSSR count). The molecule has 2 nitrogen and oxygen atoms in total. The van der Waals surface area contributed by atoms with Crippen molar-refractivity contribution < 1.29 is 4.74 Å². The van der Waals surface area contributed by atoms with E-state index in [-0.39, 0.29) is 6.10 Å². The summed E-state index contributed by atoms with van der Waals surface area (Å²) in [4.78, 5) is 0. The zero-order valence-corrected chi connectivity index (χ0v) is 5.05. The first-order valence-corrected chi connectivity index (χ1v) is 2.65. The molecule has 0 spiro atoms. The Balaban J connectivity index is 3.26. The minimum atomic E-state index is -0.306. The van der Waals surface area contributed by atoms with Gasteiger partial charge in [-0.2, -0.15) is 5.26 Å². The predicted molar refractivity (Wildman–Crippen MR) is 30.8 cm³/mol. The first-order chi connectivity index (χ1) is 3.85. The number of ether oxygens (including phenoxy) is 1. The molecule has 0 aliphatic heterocycles. The van der Waals surface area contributed by atoms with E-state index in [0.717, 1.165) is 12.8 Å². The summed E-state index contributed by atoms with van der Waals surface area (Å²) in [5, 5.41) is 8.24. The lowest BCUT2D eigenvalue weighted by Crippen LogP contribution is -2.03. The van der Waals surface area contributed by atoms with Gasteiger partial charge < -0.3 is 4.74 Å². The van der Waals surface area contributed by atoms with Crippen LogP contribution in [-0.4, -0.2) is 6.10 Å². The van der Waals surface area contributed by atoms with Crippen LogP contribution in [0.4, 0.5) is 0 Å². The van der Waals surface area contributed by atoms with Crippen molar-refractivity contribution in [1.29, 1.82) is 5.26 Å². The normalized spacial score (nSPS) is 12.6. The third-order valence-electron chi connectivity index (χ3n) is 0.896. The van der Waals surface area contributed by atoms with Gasteiger partial charge in [-0.25, -0.2) is 0 Å². The van der Waals surface area contributed by atoms with Gasteiger partial charge in [-0.05, 0) is 6.42 Å². The van der Waals surface area contributed by atoms with Gasteiger partial charge in [0.25, 0.3) is 0 Å². The molecular weight excluding hydrogens is 102 g/mol. The van der Waals surface area contributed by atoms with Gasteiger partial charge in [-0.1, -0.05) is 13.3 Å². The van der Waals surface area contributed by atoms with E-state index >= 15 is 0 Å². The zero-order chi connectivity index (χ0) is 6.41. The van der Waals surface area contributed by atoms with E-state index in [1.165, 1.54) is 0 Å². The largest absolute Gasteiger partial charge is 0.361 e. The fourth-order valence-electron chi connectivity index (χ4n) is 0.447. The summed E-state index contributed by atoms with van der Waals surface area (Å²) < 4.78 is 4.53. The van der Waals surface area contributed by atoms with Crippen LogP contribution in [0, 0.1) is 18.4 Å². The van der Waals surface area contributed by atoms with Crippen molar-refractivity contribution in [3.63, 3.8) is 0 Å². The fourth-order valence-corrected chi connectivity index (χ4v) is 0.447. The van der Waals surface area contributed by atoms with Crippen molar-refractivity contribution in [2.45, 2.75) is 25.9 Å². The van der Waals surface area contributed by atoms with Gasteiger partial charge in [0, 0.05) is 0 Å². The first kappa shape index (κ1) is 7.45. The quantitative estimate of drug-likeness (QED) is 0.554. The summed E-state index contributed by atoms with van der Waals surface area (Å²) in [5.74, 6) is 0. The van der Waals surface area contributed by atoms with Crippen LogP contribution in [0.5, 0.6) is 0 Å². The highest BCUT2D eigenvalue weighted by atomic mass is 16.5. The molecule has 45 valence electrons. The van der Waals surface area contributed by atoms with Crippen molar-refractivity contribution in [3.05, 3.63) is 7.11 Å². The lowest BCUT2D eigenvalue weighted by molar-refractivity contribution is 0.176. The highest BCUT2D eigenvalue weighted by Gasteiger charge is 2.00. The van der Waals surface area contributed by atoms with Crippen LogP contribution in [0.1, 0.15) is 19.8 Å². The molecule has 2 heteroatoms. The Kier molecular flexibility index (Phi) is 4.29. The number of nitrogens with zero attached hydrogens (tertiary/aromatic N) is 1. The molecule has 0 fully saturated rings. The highest BCUT2D eigenvalue weighted by Crippen LogP contribution is 1.97. The first-order valence-electron chi connectivity index (χ1n) is 2.65. The maximum Gasteiger partial charge on any atom is 0.144 e. The Hall–Kier alpha value is -0.550. The molecule has 0 aromatic carbocycles. The summed E-state index contributed by atoms with van der Waals surface area (Å²) in [7, 11) is 3.15. The van der Waals surface area contributed by atoms with E-state index in [1.807, 2.05) is 13.0 Å². The monoisotopic (exact) mass is 112 g/mol. The number of hydrogen-bond acceptors (Lipinski definition) is 2. The second-order valence-corrected chi connectivity index (χ2v) is 1.57. The SMILES string of the molecule is [CH2]OC(C#N)CCC. The minimum absolute atomic E-state index is 0.306. The van der Waals surface area contributed by atoms with Gasteiger partial charge in [-0.15, -0.1) is 0 Å². The Morgan fingerprint density at radius 2 is 2.50 bits per heavy atom. The molecular formula is C6H10NO. The van der Waals surface area contributed by atoms with Gasteiger partial charge >= 0.3 is 0 Å². The minimum Gasteiger partial charge on any atom is -0.361 e. The fraction of sp³-hybridized carbons (Fsp3) is 0.667. The third-order valence-corrected chi connectivity index (χ3v) is 0.896. The summed E-state index contributed by atoms with van der Waals surface area (Å²) >= 11 is 0. The second kappa shape index (κ2) is 4.61. The molecule has 0 aromatic rings. The molecule has 0 saturated heterocycles. The number of hydrogen-bond donors (Lipinski definition) is 0. The van der Waals surface area contributed by atoms with E-state index in [2.05, 4.69) is 11.8 Å². The second-order valence-electron chi connectivity index (χ2n) is 1.57. The average Bonchev–Trinajstić information content (AvgIpc) is 1.83. The van der Waals surface area contributed by atoms with E-state index in [1.54, 1.807) is 0 Å². The summed E-state index contributed by atoms with van der Waals surface area (Å²) in [5.41, 5.74) is 0. The van der Waals surface area contributed by atoms with Crippen LogP contribution in [0.15, 0.2) is 0 Å². The maximum absolute atomic E-state index is 8.24. The molecule has 1 radical (unpaired) electrons. The van der Waals surface area contributed by atoms with Gasteiger partial charge in [-0.3, -0.25) is 0 Å². The van der Waals surface area contributed by atoms with Crippen molar-refractivity contribution >= 4 is 0 Å².